The fourth-order valence-corrected chi connectivity index (χ4v) is 2.43. The minimum atomic E-state index is -0.826. The highest BCUT2D eigenvalue weighted by atomic mass is 32.2. The van der Waals surface area contributed by atoms with Crippen LogP contribution in [0.25, 0.3) is 0 Å². The Morgan fingerprint density at radius 2 is 2.26 bits per heavy atom. The molecular weight excluding hydrogens is 270 g/mol. The van der Waals surface area contributed by atoms with Gasteiger partial charge in [0.1, 0.15) is 5.75 Å². The molecule has 0 heterocycles. The predicted molar refractivity (Wildman–Crippen MR) is 72.7 cm³/mol. The molecule has 0 bridgehead atoms. The van der Waals surface area contributed by atoms with Gasteiger partial charge in [0.2, 0.25) is 0 Å². The lowest BCUT2D eigenvalue weighted by atomic mass is 10.2. The summed E-state index contributed by atoms with van der Waals surface area (Å²) in [6.07, 6.45) is 0.672. The number of thioether (sulfide) groups is 1. The van der Waals surface area contributed by atoms with Crippen molar-refractivity contribution in [1.82, 2.24) is 0 Å². The lowest BCUT2D eigenvalue weighted by molar-refractivity contribution is -0.385. The van der Waals surface area contributed by atoms with Crippen LogP contribution in [0.4, 0.5) is 5.69 Å². The number of benzene rings is 1. The molecule has 104 valence electrons. The van der Waals surface area contributed by atoms with E-state index in [1.54, 1.807) is 12.1 Å². The molecule has 0 radical (unpaired) electrons. The van der Waals surface area contributed by atoms with Crippen LogP contribution in [-0.2, 0) is 10.5 Å². The van der Waals surface area contributed by atoms with Crippen molar-refractivity contribution in [3.63, 3.8) is 0 Å². The van der Waals surface area contributed by atoms with Gasteiger partial charge < -0.3 is 9.84 Å². The third-order valence-electron chi connectivity index (χ3n) is 2.42. The van der Waals surface area contributed by atoms with E-state index in [1.807, 2.05) is 0 Å². The lowest BCUT2D eigenvalue weighted by Gasteiger charge is -2.05. The molecule has 0 aliphatic heterocycles. The third kappa shape index (κ3) is 5.17. The third-order valence-corrected chi connectivity index (χ3v) is 3.51. The summed E-state index contributed by atoms with van der Waals surface area (Å²) < 4.78 is 5.04. The second-order valence-corrected chi connectivity index (χ2v) is 4.91. The zero-order chi connectivity index (χ0) is 14.3. The molecular formula is C12H15NO5S. The molecule has 0 atom stereocenters. The molecule has 0 amide bonds. The molecule has 1 rings (SSSR count). The average molecular weight is 285 g/mol. The number of nitro benzene ring substituents is 1. The van der Waals surface area contributed by atoms with Crippen molar-refractivity contribution in [3.05, 3.63) is 33.9 Å². The van der Waals surface area contributed by atoms with E-state index in [1.165, 1.54) is 24.9 Å². The van der Waals surface area contributed by atoms with Crippen LogP contribution in [0.1, 0.15) is 18.4 Å². The van der Waals surface area contributed by atoms with Crippen LogP contribution in [0, 0.1) is 10.1 Å². The summed E-state index contributed by atoms with van der Waals surface area (Å²) in [5, 5.41) is 19.4. The van der Waals surface area contributed by atoms with E-state index in [2.05, 4.69) is 0 Å². The number of nitro groups is 1. The van der Waals surface area contributed by atoms with Crippen molar-refractivity contribution in [2.45, 2.75) is 18.6 Å². The Labute approximate surface area is 114 Å². The van der Waals surface area contributed by atoms with E-state index in [0.29, 0.717) is 29.2 Å². The Balaban J connectivity index is 2.59. The molecule has 0 aromatic heterocycles. The largest absolute Gasteiger partial charge is 0.497 e. The number of rotatable bonds is 8. The van der Waals surface area contributed by atoms with E-state index in [-0.39, 0.29) is 12.1 Å². The summed E-state index contributed by atoms with van der Waals surface area (Å²) >= 11 is 1.48. The highest BCUT2D eigenvalue weighted by Crippen LogP contribution is 2.27. The summed E-state index contributed by atoms with van der Waals surface area (Å²) in [5.41, 5.74) is 0.649. The van der Waals surface area contributed by atoms with Gasteiger partial charge in [-0.15, -0.1) is 0 Å². The zero-order valence-electron chi connectivity index (χ0n) is 10.5. The normalized spacial score (nSPS) is 10.2. The molecule has 1 aromatic carbocycles. The fraction of sp³-hybridized carbons (Fsp3) is 0.417. The first kappa shape index (κ1) is 15.3. The second-order valence-electron chi connectivity index (χ2n) is 3.80. The summed E-state index contributed by atoms with van der Waals surface area (Å²) in [6.45, 7) is 0. The lowest BCUT2D eigenvalue weighted by Crippen LogP contribution is -1.97. The average Bonchev–Trinajstić information content (AvgIpc) is 2.37. The van der Waals surface area contributed by atoms with Crippen molar-refractivity contribution in [1.29, 1.82) is 0 Å². The molecule has 7 heteroatoms. The van der Waals surface area contributed by atoms with Gasteiger partial charge in [0.05, 0.1) is 12.0 Å². The number of carbonyl (C=O) groups is 1. The molecule has 0 saturated carbocycles. The second kappa shape index (κ2) is 7.63. The maximum atomic E-state index is 10.9. The van der Waals surface area contributed by atoms with Crippen LogP contribution in [0.5, 0.6) is 5.75 Å². The molecule has 19 heavy (non-hydrogen) atoms. The summed E-state index contributed by atoms with van der Waals surface area (Å²) in [6, 6.07) is 4.62. The van der Waals surface area contributed by atoms with Crippen LogP contribution in [0.3, 0.4) is 0 Å². The fourth-order valence-electron chi connectivity index (χ4n) is 1.49. The number of hydrogen-bond acceptors (Lipinski definition) is 5. The van der Waals surface area contributed by atoms with Crippen LogP contribution in [0.2, 0.25) is 0 Å². The molecule has 0 saturated heterocycles. The van der Waals surface area contributed by atoms with Gasteiger partial charge in [-0.05, 0) is 24.3 Å². The maximum absolute atomic E-state index is 10.9. The van der Waals surface area contributed by atoms with Gasteiger partial charge in [-0.2, -0.15) is 11.8 Å². The van der Waals surface area contributed by atoms with Gasteiger partial charge in [-0.1, -0.05) is 0 Å². The quantitative estimate of drug-likeness (QED) is 0.448. The highest BCUT2D eigenvalue weighted by molar-refractivity contribution is 7.98. The number of aliphatic carboxylic acids is 1. The minimum absolute atomic E-state index is 0.0616. The maximum Gasteiger partial charge on any atom is 0.303 e. The molecule has 6 nitrogen and oxygen atoms in total. The Hall–Kier alpha value is -1.76. The molecule has 0 unspecified atom stereocenters. The minimum Gasteiger partial charge on any atom is -0.497 e. The van der Waals surface area contributed by atoms with E-state index in [0.717, 1.165) is 0 Å². The number of ether oxygens (including phenoxy) is 1. The topological polar surface area (TPSA) is 89.7 Å². The first-order chi connectivity index (χ1) is 9.04. The van der Waals surface area contributed by atoms with Gasteiger partial charge in [0.25, 0.3) is 5.69 Å². The molecule has 0 spiro atoms. The monoisotopic (exact) mass is 285 g/mol. The summed E-state index contributed by atoms with van der Waals surface area (Å²) in [7, 11) is 1.50. The Kier molecular flexibility index (Phi) is 6.14. The van der Waals surface area contributed by atoms with Crippen molar-refractivity contribution < 1.29 is 19.6 Å². The Morgan fingerprint density at radius 3 is 2.84 bits per heavy atom. The van der Waals surface area contributed by atoms with E-state index >= 15 is 0 Å². The van der Waals surface area contributed by atoms with Crippen LogP contribution in [-0.4, -0.2) is 28.9 Å². The SMILES string of the molecule is COc1ccc([N+](=O)[O-])c(CSCCCC(=O)O)c1. The highest BCUT2D eigenvalue weighted by Gasteiger charge is 2.14. The van der Waals surface area contributed by atoms with Crippen LogP contribution >= 0.6 is 11.8 Å². The molecule has 1 aromatic rings. The first-order valence-electron chi connectivity index (χ1n) is 5.65. The molecule has 0 aliphatic rings. The van der Waals surface area contributed by atoms with Gasteiger partial charge in [-0.3, -0.25) is 14.9 Å². The number of methoxy groups -OCH3 is 1. The number of hydrogen-bond donors (Lipinski definition) is 1. The van der Waals surface area contributed by atoms with Gasteiger partial charge in [-0.25, -0.2) is 0 Å². The van der Waals surface area contributed by atoms with E-state index < -0.39 is 10.9 Å². The molecule has 1 N–H and O–H groups in total. The van der Waals surface area contributed by atoms with E-state index in [9.17, 15) is 14.9 Å². The van der Waals surface area contributed by atoms with Crippen LogP contribution in [0.15, 0.2) is 18.2 Å². The van der Waals surface area contributed by atoms with Crippen molar-refractivity contribution in [3.8, 4) is 5.75 Å². The Morgan fingerprint density at radius 1 is 1.53 bits per heavy atom. The molecule has 0 fully saturated rings. The van der Waals surface area contributed by atoms with Gasteiger partial charge in [0.15, 0.2) is 0 Å². The molecule has 0 aliphatic carbocycles. The predicted octanol–water partition coefficient (Wildman–Crippen LogP) is 2.70. The summed E-state index contributed by atoms with van der Waals surface area (Å²) in [4.78, 5) is 20.8. The summed E-state index contributed by atoms with van der Waals surface area (Å²) in [5.74, 6) is 0.869. The smallest absolute Gasteiger partial charge is 0.303 e. The number of carboxylic acid groups (broad SMARTS) is 1. The van der Waals surface area contributed by atoms with Crippen molar-refractivity contribution >= 4 is 23.4 Å². The van der Waals surface area contributed by atoms with Crippen molar-refractivity contribution in [2.24, 2.45) is 0 Å². The number of nitrogens with zero attached hydrogens (tertiary/aromatic N) is 1. The van der Waals surface area contributed by atoms with Crippen LogP contribution < -0.4 is 4.74 Å². The van der Waals surface area contributed by atoms with Crippen molar-refractivity contribution in [2.75, 3.05) is 12.9 Å². The number of carboxylic acids is 1. The van der Waals surface area contributed by atoms with E-state index in [4.69, 9.17) is 9.84 Å². The first-order valence-corrected chi connectivity index (χ1v) is 6.81. The zero-order valence-corrected chi connectivity index (χ0v) is 11.3. The van der Waals surface area contributed by atoms with Gasteiger partial charge >= 0.3 is 5.97 Å². The standard InChI is InChI=1S/C12H15NO5S/c1-18-10-4-5-11(13(16)17)9(7-10)8-19-6-2-3-12(14)15/h4-5,7H,2-3,6,8H2,1H3,(H,14,15). The Bertz CT molecular complexity index is 463. The van der Waals surface area contributed by atoms with Gasteiger partial charge in [0, 0.05) is 23.8 Å².